The van der Waals surface area contributed by atoms with Crippen molar-refractivity contribution in [3.05, 3.63) is 77.6 Å². The van der Waals surface area contributed by atoms with E-state index in [1.807, 2.05) is 31.2 Å². The highest BCUT2D eigenvalue weighted by atomic mass is 16.2. The number of benzene rings is 2. The number of nitrogens with one attached hydrogen (secondary N) is 1. The summed E-state index contributed by atoms with van der Waals surface area (Å²) in [7, 11) is 0. The average Bonchev–Trinajstić information content (AvgIpc) is 3.08. The number of carbonyl (C=O) groups is 3. The summed E-state index contributed by atoms with van der Waals surface area (Å²) in [6.45, 7) is 3.80. The molecule has 150 valence electrons. The number of nitrogens with zero attached hydrogens (tertiary/aromatic N) is 2. The normalized spacial score (nSPS) is 13.6. The largest absolute Gasteiger partial charge is 0.322 e. The second kappa shape index (κ2) is 7.91. The quantitative estimate of drug-likeness (QED) is 0.665. The molecular formula is C24H21N3O3. The molecule has 1 aliphatic rings. The first-order valence-corrected chi connectivity index (χ1v) is 9.73. The number of aryl methyl sites for hydroxylation is 1. The van der Waals surface area contributed by atoms with Crippen LogP contribution in [0.5, 0.6) is 0 Å². The highest BCUT2D eigenvalue weighted by Crippen LogP contribution is 2.31. The number of amides is 3. The van der Waals surface area contributed by atoms with Crippen LogP contribution in [0.2, 0.25) is 0 Å². The van der Waals surface area contributed by atoms with Crippen LogP contribution in [-0.2, 0) is 9.59 Å². The summed E-state index contributed by atoms with van der Waals surface area (Å²) < 4.78 is 0. The summed E-state index contributed by atoms with van der Waals surface area (Å²) in [5.74, 6) is -0.750. The maximum absolute atomic E-state index is 12.9. The van der Waals surface area contributed by atoms with Crippen LogP contribution in [0.15, 0.2) is 60.9 Å². The molecule has 3 aromatic rings. The Morgan fingerprint density at radius 2 is 1.67 bits per heavy atom. The van der Waals surface area contributed by atoms with Gasteiger partial charge in [-0.1, -0.05) is 35.9 Å². The molecular weight excluding hydrogens is 378 g/mol. The highest BCUT2D eigenvalue weighted by molar-refractivity contribution is 6.20. The maximum Gasteiger partial charge on any atom is 0.257 e. The molecule has 0 aliphatic carbocycles. The molecule has 0 atom stereocenters. The van der Waals surface area contributed by atoms with Crippen molar-refractivity contribution in [2.45, 2.75) is 26.7 Å². The summed E-state index contributed by atoms with van der Waals surface area (Å²) >= 11 is 0. The first-order chi connectivity index (χ1) is 14.4. The van der Waals surface area contributed by atoms with E-state index in [4.69, 9.17) is 0 Å². The van der Waals surface area contributed by atoms with Gasteiger partial charge in [-0.25, -0.2) is 0 Å². The topological polar surface area (TPSA) is 79.4 Å². The molecule has 0 bridgehead atoms. The van der Waals surface area contributed by atoms with Gasteiger partial charge in [0.1, 0.15) is 0 Å². The summed E-state index contributed by atoms with van der Waals surface area (Å²) in [4.78, 5) is 42.5. The van der Waals surface area contributed by atoms with E-state index in [2.05, 4.69) is 10.3 Å². The lowest BCUT2D eigenvalue weighted by Gasteiger charge is -2.19. The van der Waals surface area contributed by atoms with E-state index in [1.165, 1.54) is 11.1 Å². The summed E-state index contributed by atoms with van der Waals surface area (Å²) in [6.07, 6.45) is 3.67. The van der Waals surface area contributed by atoms with Gasteiger partial charge < -0.3 is 5.32 Å². The smallest absolute Gasteiger partial charge is 0.257 e. The molecule has 0 saturated carbocycles. The van der Waals surface area contributed by atoms with Crippen LogP contribution >= 0.6 is 0 Å². The van der Waals surface area contributed by atoms with Gasteiger partial charge in [0.15, 0.2) is 0 Å². The molecule has 4 rings (SSSR count). The molecule has 0 radical (unpaired) electrons. The van der Waals surface area contributed by atoms with Crippen molar-refractivity contribution < 1.29 is 14.4 Å². The van der Waals surface area contributed by atoms with Crippen LogP contribution in [0, 0.1) is 13.8 Å². The second-order valence-electron chi connectivity index (χ2n) is 7.36. The van der Waals surface area contributed by atoms with Crippen molar-refractivity contribution in [1.82, 2.24) is 4.98 Å². The Labute approximate surface area is 174 Å². The lowest BCUT2D eigenvalue weighted by atomic mass is 10.0. The van der Waals surface area contributed by atoms with Gasteiger partial charge in [-0.05, 0) is 43.2 Å². The summed E-state index contributed by atoms with van der Waals surface area (Å²) in [6, 6.07) is 15.0. The van der Waals surface area contributed by atoms with Gasteiger partial charge in [0, 0.05) is 36.5 Å². The van der Waals surface area contributed by atoms with Gasteiger partial charge in [0.05, 0.1) is 11.3 Å². The van der Waals surface area contributed by atoms with E-state index in [0.717, 1.165) is 16.7 Å². The molecule has 1 N–H and O–H groups in total. The molecule has 6 heteroatoms. The Hall–Kier alpha value is -3.80. The Bertz CT molecular complexity index is 1150. The molecule has 1 aromatic heterocycles. The lowest BCUT2D eigenvalue weighted by molar-refractivity contribution is -0.121. The van der Waals surface area contributed by atoms with Crippen molar-refractivity contribution in [2.24, 2.45) is 0 Å². The van der Waals surface area contributed by atoms with E-state index in [1.54, 1.807) is 37.4 Å². The van der Waals surface area contributed by atoms with Crippen molar-refractivity contribution in [3.63, 3.8) is 0 Å². The predicted molar refractivity (Wildman–Crippen MR) is 115 cm³/mol. The molecule has 0 unspecified atom stereocenters. The first kappa shape index (κ1) is 19.5. The molecule has 3 amide bonds. The van der Waals surface area contributed by atoms with E-state index >= 15 is 0 Å². The fourth-order valence-electron chi connectivity index (χ4n) is 3.59. The van der Waals surface area contributed by atoms with E-state index in [0.29, 0.717) is 22.5 Å². The molecule has 6 nitrogen and oxygen atoms in total. The zero-order valence-electron chi connectivity index (χ0n) is 16.8. The van der Waals surface area contributed by atoms with E-state index in [-0.39, 0.29) is 30.6 Å². The van der Waals surface area contributed by atoms with Gasteiger partial charge in [-0.15, -0.1) is 0 Å². The van der Waals surface area contributed by atoms with Gasteiger partial charge in [-0.2, -0.15) is 0 Å². The molecule has 2 aromatic carbocycles. The van der Waals surface area contributed by atoms with Crippen LogP contribution in [0.25, 0.3) is 11.1 Å². The van der Waals surface area contributed by atoms with Crippen molar-refractivity contribution >= 4 is 29.1 Å². The minimum Gasteiger partial charge on any atom is -0.322 e. The molecule has 1 saturated heterocycles. The van der Waals surface area contributed by atoms with E-state index in [9.17, 15) is 14.4 Å². The van der Waals surface area contributed by atoms with Crippen molar-refractivity contribution in [3.8, 4) is 11.1 Å². The van der Waals surface area contributed by atoms with E-state index < -0.39 is 0 Å². The van der Waals surface area contributed by atoms with Gasteiger partial charge in [0.2, 0.25) is 11.8 Å². The zero-order valence-corrected chi connectivity index (χ0v) is 16.8. The first-order valence-electron chi connectivity index (χ1n) is 9.73. The molecule has 2 heterocycles. The molecule has 30 heavy (non-hydrogen) atoms. The monoisotopic (exact) mass is 399 g/mol. The predicted octanol–water partition coefficient (Wildman–Crippen LogP) is 4.27. The number of anilines is 2. The number of imide groups is 1. The molecule has 0 spiro atoms. The van der Waals surface area contributed by atoms with Crippen LogP contribution < -0.4 is 10.2 Å². The van der Waals surface area contributed by atoms with Gasteiger partial charge >= 0.3 is 0 Å². The fourth-order valence-corrected chi connectivity index (χ4v) is 3.59. The second-order valence-corrected chi connectivity index (χ2v) is 7.36. The van der Waals surface area contributed by atoms with Gasteiger partial charge in [-0.3, -0.25) is 24.3 Å². The Morgan fingerprint density at radius 1 is 0.933 bits per heavy atom. The fraction of sp³-hybridized carbons (Fsp3) is 0.167. The zero-order chi connectivity index (χ0) is 21.3. The number of hydrogen-bond acceptors (Lipinski definition) is 4. The number of hydrogen-bond donors (Lipinski definition) is 1. The average molecular weight is 399 g/mol. The minimum atomic E-state index is -0.309. The number of rotatable bonds is 4. The number of carbonyl (C=O) groups excluding carboxylic acids is 3. The van der Waals surface area contributed by atoms with Crippen molar-refractivity contribution in [1.29, 1.82) is 0 Å². The minimum absolute atomic E-state index is 0.215. The summed E-state index contributed by atoms with van der Waals surface area (Å²) in [5.41, 5.74) is 5.11. The Kier molecular flexibility index (Phi) is 5.14. The number of aromatic nitrogens is 1. The van der Waals surface area contributed by atoms with Gasteiger partial charge in [0.25, 0.3) is 5.91 Å². The third-order valence-electron chi connectivity index (χ3n) is 5.20. The van der Waals surface area contributed by atoms with Crippen LogP contribution in [0.1, 0.15) is 34.3 Å². The SMILES string of the molecule is Cc1cccc(-c2cncc(C(=O)Nc3cccc(N4C(=O)CCC4=O)c3C)c2)c1. The Morgan fingerprint density at radius 3 is 2.40 bits per heavy atom. The van der Waals surface area contributed by atoms with Crippen molar-refractivity contribution in [2.75, 3.05) is 10.2 Å². The maximum atomic E-state index is 12.9. The standard InChI is InChI=1S/C24H21N3O3/c1-15-5-3-6-17(11-15)18-12-19(14-25-13-18)24(30)26-20-7-4-8-21(16(20)2)27-22(28)9-10-23(27)29/h3-8,11-14H,9-10H2,1-2H3,(H,26,30). The van der Waals surface area contributed by atoms with Crippen LogP contribution in [-0.4, -0.2) is 22.7 Å². The third kappa shape index (κ3) is 3.72. The third-order valence-corrected chi connectivity index (χ3v) is 5.20. The Balaban J connectivity index is 1.61. The lowest BCUT2D eigenvalue weighted by Crippen LogP contribution is -2.29. The number of pyridine rings is 1. The molecule has 1 fully saturated rings. The summed E-state index contributed by atoms with van der Waals surface area (Å²) in [5, 5.41) is 2.88. The highest BCUT2D eigenvalue weighted by Gasteiger charge is 2.31. The van der Waals surface area contributed by atoms with Crippen LogP contribution in [0.3, 0.4) is 0 Å². The van der Waals surface area contributed by atoms with Crippen LogP contribution in [0.4, 0.5) is 11.4 Å². The molecule has 1 aliphatic heterocycles.